The second-order valence-corrected chi connectivity index (χ2v) is 6.93. The Balaban J connectivity index is 1.75. The van der Waals surface area contributed by atoms with Gasteiger partial charge in [-0.25, -0.2) is 5.01 Å². The summed E-state index contributed by atoms with van der Waals surface area (Å²) >= 11 is 0. The van der Waals surface area contributed by atoms with Gasteiger partial charge in [-0.3, -0.25) is 0 Å². The highest BCUT2D eigenvalue weighted by Gasteiger charge is 2.22. The van der Waals surface area contributed by atoms with E-state index in [1.807, 2.05) is 18.2 Å². The molecule has 0 N–H and O–H groups in total. The highest BCUT2D eigenvalue weighted by atomic mass is 15.6. The normalized spacial score (nSPS) is 15.2. The molecule has 1 saturated heterocycles. The zero-order valence-electron chi connectivity index (χ0n) is 15.2. The van der Waals surface area contributed by atoms with Crippen molar-refractivity contribution in [3.8, 4) is 6.07 Å². The third-order valence-corrected chi connectivity index (χ3v) is 5.29. The summed E-state index contributed by atoms with van der Waals surface area (Å²) < 4.78 is 0. The molecular weight excluding hydrogens is 318 g/mol. The Bertz CT molecular complexity index is 971. The summed E-state index contributed by atoms with van der Waals surface area (Å²) in [5.74, 6) is 0. The molecule has 3 aromatic carbocycles. The molecule has 3 heteroatoms. The summed E-state index contributed by atoms with van der Waals surface area (Å²) in [4.78, 5) is 0. The molecule has 26 heavy (non-hydrogen) atoms. The molecule has 3 nitrogen and oxygen atoms in total. The van der Waals surface area contributed by atoms with Gasteiger partial charge in [0.1, 0.15) is 0 Å². The van der Waals surface area contributed by atoms with Gasteiger partial charge in [0.15, 0.2) is 0 Å². The average molecular weight is 341 g/mol. The number of anilines is 1. The van der Waals surface area contributed by atoms with Crippen LogP contribution in [0.5, 0.6) is 0 Å². The van der Waals surface area contributed by atoms with Crippen LogP contribution in [-0.2, 0) is 6.54 Å². The molecule has 0 spiro atoms. The van der Waals surface area contributed by atoms with Crippen molar-refractivity contribution in [3.05, 3.63) is 77.4 Å². The van der Waals surface area contributed by atoms with E-state index in [0.29, 0.717) is 0 Å². The molecule has 0 unspecified atom stereocenters. The minimum atomic E-state index is 0.742. The zero-order chi connectivity index (χ0) is 17.9. The molecule has 4 rings (SSSR count). The lowest BCUT2D eigenvalue weighted by Crippen LogP contribution is -2.47. The lowest BCUT2D eigenvalue weighted by Gasteiger charge is -2.41. The summed E-state index contributed by atoms with van der Waals surface area (Å²) in [6, 6.07) is 23.3. The molecule has 0 bridgehead atoms. The molecule has 130 valence electrons. The third kappa shape index (κ3) is 3.05. The molecule has 0 atom stereocenters. The molecule has 1 heterocycles. The zero-order valence-corrected chi connectivity index (χ0v) is 15.2. The first-order chi connectivity index (χ1) is 12.8. The quantitative estimate of drug-likeness (QED) is 0.669. The van der Waals surface area contributed by atoms with Gasteiger partial charge < -0.3 is 5.01 Å². The van der Waals surface area contributed by atoms with Crippen molar-refractivity contribution in [1.82, 2.24) is 5.01 Å². The number of hydrogen-bond donors (Lipinski definition) is 0. The SMILES string of the molecule is Cc1ccccc1CN1CCCCN1c1ccc(C#N)c2ccccc12. The summed E-state index contributed by atoms with van der Waals surface area (Å²) in [5.41, 5.74) is 4.65. The van der Waals surface area contributed by atoms with Crippen LogP contribution in [0.15, 0.2) is 60.7 Å². The van der Waals surface area contributed by atoms with E-state index in [-0.39, 0.29) is 0 Å². The molecule has 0 aliphatic carbocycles. The van der Waals surface area contributed by atoms with E-state index in [1.165, 1.54) is 29.7 Å². The molecule has 0 radical (unpaired) electrons. The van der Waals surface area contributed by atoms with E-state index >= 15 is 0 Å². The van der Waals surface area contributed by atoms with Crippen molar-refractivity contribution in [2.75, 3.05) is 18.1 Å². The van der Waals surface area contributed by atoms with Crippen molar-refractivity contribution in [2.24, 2.45) is 0 Å². The van der Waals surface area contributed by atoms with Crippen LogP contribution in [0.1, 0.15) is 29.5 Å². The van der Waals surface area contributed by atoms with Crippen LogP contribution in [0.3, 0.4) is 0 Å². The molecule has 0 amide bonds. The minimum absolute atomic E-state index is 0.742. The van der Waals surface area contributed by atoms with Crippen molar-refractivity contribution < 1.29 is 0 Å². The van der Waals surface area contributed by atoms with Gasteiger partial charge in [-0.05, 0) is 43.0 Å². The van der Waals surface area contributed by atoms with Gasteiger partial charge in [0.2, 0.25) is 0 Å². The lowest BCUT2D eigenvalue weighted by atomic mass is 10.0. The molecule has 1 fully saturated rings. The van der Waals surface area contributed by atoms with E-state index < -0.39 is 0 Å². The fourth-order valence-corrected chi connectivity index (χ4v) is 3.85. The molecule has 3 aromatic rings. The summed E-state index contributed by atoms with van der Waals surface area (Å²) in [6.07, 6.45) is 2.41. The predicted molar refractivity (Wildman–Crippen MR) is 107 cm³/mol. The van der Waals surface area contributed by atoms with Gasteiger partial charge in [0.25, 0.3) is 0 Å². The first kappa shape index (κ1) is 16.6. The summed E-state index contributed by atoms with van der Waals surface area (Å²) in [7, 11) is 0. The summed E-state index contributed by atoms with van der Waals surface area (Å²) in [5, 5.41) is 16.5. The van der Waals surface area contributed by atoms with Crippen LogP contribution in [-0.4, -0.2) is 18.1 Å². The average Bonchev–Trinajstić information content (AvgIpc) is 2.69. The molecule has 1 aliphatic heterocycles. The van der Waals surface area contributed by atoms with Crippen LogP contribution in [0.2, 0.25) is 0 Å². The number of rotatable bonds is 3. The Morgan fingerprint density at radius 2 is 1.62 bits per heavy atom. The van der Waals surface area contributed by atoms with Gasteiger partial charge in [-0.1, -0.05) is 48.5 Å². The van der Waals surface area contributed by atoms with E-state index in [0.717, 1.165) is 36.0 Å². The predicted octanol–water partition coefficient (Wildman–Crippen LogP) is 5.04. The Morgan fingerprint density at radius 1 is 0.885 bits per heavy atom. The Morgan fingerprint density at radius 3 is 2.42 bits per heavy atom. The maximum atomic E-state index is 9.44. The first-order valence-corrected chi connectivity index (χ1v) is 9.26. The van der Waals surface area contributed by atoms with Crippen molar-refractivity contribution >= 4 is 16.5 Å². The topological polar surface area (TPSA) is 30.3 Å². The van der Waals surface area contributed by atoms with Crippen LogP contribution >= 0.6 is 0 Å². The number of nitrogens with zero attached hydrogens (tertiary/aromatic N) is 3. The van der Waals surface area contributed by atoms with Gasteiger partial charge in [0, 0.05) is 30.4 Å². The second-order valence-electron chi connectivity index (χ2n) is 6.93. The smallest absolute Gasteiger partial charge is 0.0998 e. The van der Waals surface area contributed by atoms with Crippen molar-refractivity contribution in [2.45, 2.75) is 26.3 Å². The molecule has 0 saturated carbocycles. The lowest BCUT2D eigenvalue weighted by molar-refractivity contribution is 0.204. The Hall–Kier alpha value is -2.83. The van der Waals surface area contributed by atoms with E-state index in [1.54, 1.807) is 0 Å². The number of hydrogen-bond acceptors (Lipinski definition) is 3. The van der Waals surface area contributed by atoms with Crippen molar-refractivity contribution in [1.29, 1.82) is 5.26 Å². The van der Waals surface area contributed by atoms with Crippen LogP contribution < -0.4 is 5.01 Å². The first-order valence-electron chi connectivity index (χ1n) is 9.26. The Kier molecular flexibility index (Phi) is 4.60. The fourth-order valence-electron chi connectivity index (χ4n) is 3.85. The number of hydrazine groups is 1. The molecule has 1 aliphatic rings. The fraction of sp³-hybridized carbons (Fsp3) is 0.261. The number of fused-ring (bicyclic) bond motifs is 1. The van der Waals surface area contributed by atoms with Gasteiger partial charge in [-0.15, -0.1) is 0 Å². The van der Waals surface area contributed by atoms with E-state index in [4.69, 9.17) is 0 Å². The van der Waals surface area contributed by atoms with E-state index in [9.17, 15) is 5.26 Å². The van der Waals surface area contributed by atoms with Crippen LogP contribution in [0.25, 0.3) is 10.8 Å². The second kappa shape index (κ2) is 7.19. The number of nitriles is 1. The Labute approximate surface area is 155 Å². The van der Waals surface area contributed by atoms with E-state index in [2.05, 4.69) is 65.5 Å². The van der Waals surface area contributed by atoms with Crippen LogP contribution in [0.4, 0.5) is 5.69 Å². The van der Waals surface area contributed by atoms with Gasteiger partial charge in [0.05, 0.1) is 17.3 Å². The number of benzene rings is 3. The standard InChI is InChI=1S/C23H23N3/c1-18-8-2-3-9-20(18)17-25-14-6-7-15-26(25)23-13-12-19(16-24)21-10-4-5-11-22(21)23/h2-5,8-13H,6-7,14-15,17H2,1H3. The van der Waals surface area contributed by atoms with Crippen LogP contribution in [0, 0.1) is 18.3 Å². The highest BCUT2D eigenvalue weighted by Crippen LogP contribution is 2.32. The molecule has 0 aromatic heterocycles. The van der Waals surface area contributed by atoms with Gasteiger partial charge >= 0.3 is 0 Å². The highest BCUT2D eigenvalue weighted by molar-refractivity contribution is 5.97. The molecular formula is C23H23N3. The minimum Gasteiger partial charge on any atom is -0.305 e. The third-order valence-electron chi connectivity index (χ3n) is 5.29. The van der Waals surface area contributed by atoms with Crippen molar-refractivity contribution in [3.63, 3.8) is 0 Å². The van der Waals surface area contributed by atoms with Gasteiger partial charge in [-0.2, -0.15) is 5.26 Å². The number of aryl methyl sites for hydroxylation is 1. The monoisotopic (exact) mass is 341 g/mol. The summed E-state index contributed by atoms with van der Waals surface area (Å²) in [6.45, 7) is 5.17. The maximum absolute atomic E-state index is 9.44. The maximum Gasteiger partial charge on any atom is 0.0998 e. The largest absolute Gasteiger partial charge is 0.305 e.